The monoisotopic (exact) mass is 294 g/mol. The smallest absolute Gasteiger partial charge is 0.335 e. The number of aliphatic hydroxyl groups excluding tert-OH is 1. The average molecular weight is 294 g/mol. The molecule has 1 aromatic carbocycles. The van der Waals surface area contributed by atoms with E-state index in [2.05, 4.69) is 5.32 Å². The first-order valence-electron chi connectivity index (χ1n) is 6.64. The van der Waals surface area contributed by atoms with Crippen LogP contribution in [-0.2, 0) is 4.74 Å². The molecule has 0 bridgehead atoms. The number of rotatable bonds is 3. The summed E-state index contributed by atoms with van der Waals surface area (Å²) >= 11 is 0. The number of morpholine rings is 1. The van der Waals surface area contributed by atoms with Crippen molar-refractivity contribution in [3.8, 4) is 0 Å². The molecule has 1 aromatic rings. The van der Waals surface area contributed by atoms with Crippen LogP contribution in [0.2, 0.25) is 0 Å². The van der Waals surface area contributed by atoms with Gasteiger partial charge in [0.25, 0.3) is 0 Å². The van der Waals surface area contributed by atoms with E-state index in [1.165, 1.54) is 24.3 Å². The number of aromatic carboxylic acids is 1. The normalized spacial score (nSPS) is 21.9. The minimum Gasteiger partial charge on any atom is -0.478 e. The van der Waals surface area contributed by atoms with Crippen LogP contribution in [0.5, 0.6) is 0 Å². The molecular weight excluding hydrogens is 276 g/mol. The number of carbonyl (C=O) groups is 2. The molecule has 7 heteroatoms. The molecule has 1 heterocycles. The molecule has 114 valence electrons. The quantitative estimate of drug-likeness (QED) is 0.772. The molecule has 0 radical (unpaired) electrons. The van der Waals surface area contributed by atoms with Gasteiger partial charge in [-0.1, -0.05) is 0 Å². The largest absolute Gasteiger partial charge is 0.478 e. The lowest BCUT2D eigenvalue weighted by molar-refractivity contribution is -0.0611. The van der Waals surface area contributed by atoms with Gasteiger partial charge >= 0.3 is 12.0 Å². The van der Waals surface area contributed by atoms with Crippen molar-refractivity contribution in [2.24, 2.45) is 0 Å². The number of hydrogen-bond donors (Lipinski definition) is 3. The Hall–Kier alpha value is -2.12. The third-order valence-electron chi connectivity index (χ3n) is 3.35. The molecule has 0 aliphatic carbocycles. The van der Waals surface area contributed by atoms with Crippen LogP contribution in [0.25, 0.3) is 0 Å². The lowest BCUT2D eigenvalue weighted by Crippen LogP contribution is -2.53. The Kier molecular flexibility index (Phi) is 4.77. The van der Waals surface area contributed by atoms with E-state index in [4.69, 9.17) is 14.9 Å². The van der Waals surface area contributed by atoms with Gasteiger partial charge in [0.1, 0.15) is 0 Å². The van der Waals surface area contributed by atoms with Crippen LogP contribution in [0.1, 0.15) is 17.3 Å². The van der Waals surface area contributed by atoms with Gasteiger partial charge in [0.15, 0.2) is 0 Å². The van der Waals surface area contributed by atoms with Crippen LogP contribution in [0.3, 0.4) is 0 Å². The van der Waals surface area contributed by atoms with E-state index in [1.54, 1.807) is 4.90 Å². The number of amides is 2. The highest BCUT2D eigenvalue weighted by molar-refractivity contribution is 5.91. The van der Waals surface area contributed by atoms with Gasteiger partial charge in [0, 0.05) is 5.69 Å². The summed E-state index contributed by atoms with van der Waals surface area (Å²) in [6.45, 7) is 2.41. The molecule has 0 spiro atoms. The summed E-state index contributed by atoms with van der Waals surface area (Å²) in [4.78, 5) is 24.6. The van der Waals surface area contributed by atoms with Crippen molar-refractivity contribution >= 4 is 17.7 Å². The summed E-state index contributed by atoms with van der Waals surface area (Å²) in [5, 5.41) is 20.6. The van der Waals surface area contributed by atoms with Gasteiger partial charge < -0.3 is 25.2 Å². The van der Waals surface area contributed by atoms with E-state index in [0.717, 1.165) is 0 Å². The molecule has 0 saturated carbocycles. The van der Waals surface area contributed by atoms with E-state index < -0.39 is 5.97 Å². The van der Waals surface area contributed by atoms with E-state index in [9.17, 15) is 9.59 Å². The zero-order valence-corrected chi connectivity index (χ0v) is 11.7. The highest BCUT2D eigenvalue weighted by Crippen LogP contribution is 2.15. The molecule has 1 aliphatic rings. The van der Waals surface area contributed by atoms with Crippen LogP contribution in [0, 0.1) is 0 Å². The fourth-order valence-corrected chi connectivity index (χ4v) is 2.10. The molecule has 0 aromatic heterocycles. The Labute approximate surface area is 122 Å². The zero-order valence-electron chi connectivity index (χ0n) is 11.7. The maximum atomic E-state index is 12.2. The van der Waals surface area contributed by atoms with Gasteiger partial charge in [-0.25, -0.2) is 9.59 Å². The second-order valence-corrected chi connectivity index (χ2v) is 4.95. The Balaban J connectivity index is 2.01. The van der Waals surface area contributed by atoms with Crippen molar-refractivity contribution in [1.29, 1.82) is 0 Å². The minimum atomic E-state index is -1.01. The lowest BCUT2D eigenvalue weighted by Gasteiger charge is -2.37. The van der Waals surface area contributed by atoms with Gasteiger partial charge in [-0.2, -0.15) is 0 Å². The standard InChI is InChI=1S/C14H18N2O5/c1-9-8-21-12(7-17)6-16(9)14(20)15-11-4-2-10(3-5-11)13(18)19/h2-5,9,12,17H,6-8H2,1H3,(H,15,20)(H,18,19). The van der Waals surface area contributed by atoms with E-state index in [0.29, 0.717) is 18.8 Å². The van der Waals surface area contributed by atoms with E-state index >= 15 is 0 Å². The maximum absolute atomic E-state index is 12.2. The molecule has 2 atom stereocenters. The van der Waals surface area contributed by atoms with Crippen LogP contribution in [0.4, 0.5) is 10.5 Å². The molecule has 2 unspecified atom stereocenters. The molecule has 7 nitrogen and oxygen atoms in total. The van der Waals surface area contributed by atoms with Crippen LogP contribution in [0.15, 0.2) is 24.3 Å². The molecule has 21 heavy (non-hydrogen) atoms. The minimum absolute atomic E-state index is 0.0916. The fourth-order valence-electron chi connectivity index (χ4n) is 2.10. The summed E-state index contributed by atoms with van der Waals surface area (Å²) in [6.07, 6.45) is -0.374. The van der Waals surface area contributed by atoms with Gasteiger partial charge in [0.05, 0.1) is 37.5 Å². The number of urea groups is 1. The molecule has 2 amide bonds. The molecule has 1 aliphatic heterocycles. The van der Waals surface area contributed by atoms with Crippen molar-refractivity contribution in [3.63, 3.8) is 0 Å². The van der Waals surface area contributed by atoms with Crippen LogP contribution in [-0.4, -0.2) is 59.0 Å². The number of ether oxygens (including phenoxy) is 1. The summed E-state index contributed by atoms with van der Waals surface area (Å²) in [7, 11) is 0. The average Bonchev–Trinajstić information content (AvgIpc) is 2.48. The Bertz CT molecular complexity index is 517. The van der Waals surface area contributed by atoms with Crippen LogP contribution < -0.4 is 5.32 Å². The SMILES string of the molecule is CC1COC(CO)CN1C(=O)Nc1ccc(C(=O)O)cc1. The summed E-state index contributed by atoms with van der Waals surface area (Å²) in [5.74, 6) is -1.01. The van der Waals surface area contributed by atoms with Crippen LogP contribution >= 0.6 is 0 Å². The van der Waals surface area contributed by atoms with Crippen molar-refractivity contribution in [3.05, 3.63) is 29.8 Å². The van der Waals surface area contributed by atoms with E-state index in [-0.39, 0.29) is 30.3 Å². The zero-order chi connectivity index (χ0) is 15.4. The van der Waals surface area contributed by atoms with Crippen molar-refractivity contribution in [2.45, 2.75) is 19.1 Å². The molecule has 3 N–H and O–H groups in total. The summed E-state index contributed by atoms with van der Waals surface area (Å²) in [5.41, 5.74) is 0.678. The van der Waals surface area contributed by atoms with Crippen molar-refractivity contribution < 1.29 is 24.5 Å². The Morgan fingerprint density at radius 3 is 2.62 bits per heavy atom. The highest BCUT2D eigenvalue weighted by atomic mass is 16.5. The predicted molar refractivity (Wildman–Crippen MR) is 75.4 cm³/mol. The molecular formula is C14H18N2O5. The second kappa shape index (κ2) is 6.55. The van der Waals surface area contributed by atoms with Crippen molar-refractivity contribution in [1.82, 2.24) is 4.90 Å². The van der Waals surface area contributed by atoms with Crippen molar-refractivity contribution in [2.75, 3.05) is 25.1 Å². The number of anilines is 1. The number of hydrogen-bond acceptors (Lipinski definition) is 4. The molecule has 1 saturated heterocycles. The highest BCUT2D eigenvalue weighted by Gasteiger charge is 2.29. The van der Waals surface area contributed by atoms with Gasteiger partial charge in [-0.05, 0) is 31.2 Å². The lowest BCUT2D eigenvalue weighted by atomic mass is 10.2. The number of carboxylic acid groups (broad SMARTS) is 1. The number of nitrogens with one attached hydrogen (secondary N) is 1. The number of carbonyl (C=O) groups excluding carboxylic acids is 1. The Morgan fingerprint density at radius 2 is 2.05 bits per heavy atom. The van der Waals surface area contributed by atoms with Gasteiger partial charge in [-0.15, -0.1) is 0 Å². The maximum Gasteiger partial charge on any atom is 0.335 e. The first-order valence-corrected chi connectivity index (χ1v) is 6.64. The summed E-state index contributed by atoms with van der Waals surface area (Å²) < 4.78 is 5.38. The van der Waals surface area contributed by atoms with Gasteiger partial charge in [-0.3, -0.25) is 0 Å². The molecule has 1 fully saturated rings. The summed E-state index contributed by atoms with van der Waals surface area (Å²) in [6, 6.07) is 5.54. The number of aliphatic hydroxyl groups is 1. The fraction of sp³-hybridized carbons (Fsp3) is 0.429. The third kappa shape index (κ3) is 3.71. The second-order valence-electron chi connectivity index (χ2n) is 4.95. The number of carboxylic acids is 1. The topological polar surface area (TPSA) is 99.1 Å². The molecule has 2 rings (SSSR count). The van der Waals surface area contributed by atoms with E-state index in [1.807, 2.05) is 6.92 Å². The predicted octanol–water partition coefficient (Wildman–Crippen LogP) is 0.998. The number of nitrogens with zero attached hydrogens (tertiary/aromatic N) is 1. The number of benzene rings is 1. The third-order valence-corrected chi connectivity index (χ3v) is 3.35. The first-order chi connectivity index (χ1) is 10.0. The Morgan fingerprint density at radius 1 is 1.38 bits per heavy atom. The first kappa shape index (κ1) is 15.3. The van der Waals surface area contributed by atoms with Gasteiger partial charge in [0.2, 0.25) is 0 Å².